The second-order valence-corrected chi connectivity index (χ2v) is 4.60. The summed E-state index contributed by atoms with van der Waals surface area (Å²) in [5.74, 6) is -0.236. The van der Waals surface area contributed by atoms with E-state index in [4.69, 9.17) is 9.84 Å². The Morgan fingerprint density at radius 1 is 1.28 bits per heavy atom. The van der Waals surface area contributed by atoms with Crippen molar-refractivity contribution in [2.75, 3.05) is 25.1 Å². The maximum absolute atomic E-state index is 10.7. The van der Waals surface area contributed by atoms with Gasteiger partial charge in [-0.2, -0.15) is 0 Å². The number of carboxylic acid groups (broad SMARTS) is 1. The standard InChI is InChI=1S/C14H21NO3/c1-11(2)7-9-18-10-8-15-13-5-3-12(4-6-13)14(16)17/h3-6,11,15H,7-10H2,1-2H3,(H,16,17). The molecular weight excluding hydrogens is 230 g/mol. The largest absolute Gasteiger partial charge is 0.478 e. The predicted octanol–water partition coefficient (Wildman–Crippen LogP) is 2.86. The van der Waals surface area contributed by atoms with Crippen molar-refractivity contribution in [2.24, 2.45) is 5.92 Å². The maximum atomic E-state index is 10.7. The number of anilines is 1. The molecule has 0 unspecified atom stereocenters. The van der Waals surface area contributed by atoms with Gasteiger partial charge in [-0.1, -0.05) is 13.8 Å². The van der Waals surface area contributed by atoms with Gasteiger partial charge in [-0.15, -0.1) is 0 Å². The van der Waals surface area contributed by atoms with Crippen LogP contribution in [0.4, 0.5) is 5.69 Å². The van der Waals surface area contributed by atoms with Crippen LogP contribution in [0.5, 0.6) is 0 Å². The van der Waals surface area contributed by atoms with Crippen LogP contribution in [0, 0.1) is 5.92 Å². The van der Waals surface area contributed by atoms with Gasteiger partial charge in [-0.05, 0) is 36.6 Å². The number of hydrogen-bond acceptors (Lipinski definition) is 3. The van der Waals surface area contributed by atoms with Crippen LogP contribution in [0.25, 0.3) is 0 Å². The van der Waals surface area contributed by atoms with E-state index >= 15 is 0 Å². The first kappa shape index (κ1) is 14.5. The normalized spacial score (nSPS) is 10.6. The molecule has 0 fully saturated rings. The van der Waals surface area contributed by atoms with Gasteiger partial charge < -0.3 is 15.2 Å². The highest BCUT2D eigenvalue weighted by Crippen LogP contribution is 2.09. The molecule has 0 bridgehead atoms. The Balaban J connectivity index is 2.17. The molecule has 1 aromatic rings. The van der Waals surface area contributed by atoms with Gasteiger partial charge in [0, 0.05) is 18.8 Å². The smallest absolute Gasteiger partial charge is 0.335 e. The lowest BCUT2D eigenvalue weighted by atomic mass is 10.1. The Hall–Kier alpha value is -1.55. The van der Waals surface area contributed by atoms with Crippen LogP contribution < -0.4 is 5.32 Å². The molecular formula is C14H21NO3. The summed E-state index contributed by atoms with van der Waals surface area (Å²) in [5, 5.41) is 11.9. The molecule has 0 aliphatic carbocycles. The van der Waals surface area contributed by atoms with E-state index in [-0.39, 0.29) is 0 Å². The number of carboxylic acids is 1. The summed E-state index contributed by atoms with van der Waals surface area (Å²) in [6.07, 6.45) is 1.08. The van der Waals surface area contributed by atoms with Crippen molar-refractivity contribution >= 4 is 11.7 Å². The van der Waals surface area contributed by atoms with Crippen LogP contribution >= 0.6 is 0 Å². The van der Waals surface area contributed by atoms with Crippen LogP contribution in [-0.4, -0.2) is 30.8 Å². The third-order valence-corrected chi connectivity index (χ3v) is 2.55. The molecule has 0 spiro atoms. The van der Waals surface area contributed by atoms with Gasteiger partial charge >= 0.3 is 5.97 Å². The minimum Gasteiger partial charge on any atom is -0.478 e. The molecule has 1 rings (SSSR count). The zero-order valence-electron chi connectivity index (χ0n) is 11.0. The Morgan fingerprint density at radius 3 is 2.50 bits per heavy atom. The number of benzene rings is 1. The molecule has 100 valence electrons. The molecule has 0 heterocycles. The fourth-order valence-corrected chi connectivity index (χ4v) is 1.42. The van der Waals surface area contributed by atoms with E-state index in [1.165, 1.54) is 0 Å². The van der Waals surface area contributed by atoms with E-state index in [1.54, 1.807) is 24.3 Å². The SMILES string of the molecule is CC(C)CCOCCNc1ccc(C(=O)O)cc1. The molecule has 0 aliphatic heterocycles. The highest BCUT2D eigenvalue weighted by molar-refractivity contribution is 5.87. The number of carbonyl (C=O) groups is 1. The Labute approximate surface area is 108 Å². The average molecular weight is 251 g/mol. The maximum Gasteiger partial charge on any atom is 0.335 e. The topological polar surface area (TPSA) is 58.6 Å². The first-order valence-electron chi connectivity index (χ1n) is 6.24. The minimum atomic E-state index is -0.904. The minimum absolute atomic E-state index is 0.300. The van der Waals surface area contributed by atoms with E-state index in [0.29, 0.717) is 18.1 Å². The summed E-state index contributed by atoms with van der Waals surface area (Å²) < 4.78 is 5.47. The fraction of sp³-hybridized carbons (Fsp3) is 0.500. The van der Waals surface area contributed by atoms with Gasteiger partial charge in [0.15, 0.2) is 0 Å². The lowest BCUT2D eigenvalue weighted by Gasteiger charge is -2.08. The van der Waals surface area contributed by atoms with Gasteiger partial charge in [0.1, 0.15) is 0 Å². The summed E-state index contributed by atoms with van der Waals surface area (Å²) in [6, 6.07) is 6.70. The van der Waals surface area contributed by atoms with Crippen molar-refractivity contribution in [1.82, 2.24) is 0 Å². The van der Waals surface area contributed by atoms with Crippen molar-refractivity contribution < 1.29 is 14.6 Å². The quantitative estimate of drug-likeness (QED) is 0.697. The number of ether oxygens (including phenoxy) is 1. The first-order chi connectivity index (χ1) is 8.59. The van der Waals surface area contributed by atoms with Crippen LogP contribution in [0.15, 0.2) is 24.3 Å². The molecule has 0 aliphatic rings. The molecule has 0 radical (unpaired) electrons. The summed E-state index contributed by atoms with van der Waals surface area (Å²) in [6.45, 7) is 6.52. The van der Waals surface area contributed by atoms with Crippen molar-refractivity contribution in [3.05, 3.63) is 29.8 Å². The first-order valence-corrected chi connectivity index (χ1v) is 6.24. The highest BCUT2D eigenvalue weighted by atomic mass is 16.5. The number of nitrogens with one attached hydrogen (secondary N) is 1. The van der Waals surface area contributed by atoms with Crippen molar-refractivity contribution in [1.29, 1.82) is 0 Å². The van der Waals surface area contributed by atoms with Gasteiger partial charge in [-0.3, -0.25) is 0 Å². The molecule has 4 nitrogen and oxygen atoms in total. The Morgan fingerprint density at radius 2 is 1.94 bits per heavy atom. The highest BCUT2D eigenvalue weighted by Gasteiger charge is 2.01. The van der Waals surface area contributed by atoms with E-state index in [2.05, 4.69) is 19.2 Å². The molecule has 4 heteroatoms. The molecule has 18 heavy (non-hydrogen) atoms. The van der Waals surface area contributed by atoms with Gasteiger partial charge in [-0.25, -0.2) is 4.79 Å². The average Bonchev–Trinajstić information content (AvgIpc) is 2.34. The number of aromatic carboxylic acids is 1. The van der Waals surface area contributed by atoms with Crippen molar-refractivity contribution in [2.45, 2.75) is 20.3 Å². The summed E-state index contributed by atoms with van der Waals surface area (Å²) >= 11 is 0. The lowest BCUT2D eigenvalue weighted by Crippen LogP contribution is -2.11. The third kappa shape index (κ3) is 5.68. The molecule has 0 amide bonds. The molecule has 1 aromatic carbocycles. The van der Waals surface area contributed by atoms with Crippen LogP contribution in [-0.2, 0) is 4.74 Å². The zero-order valence-corrected chi connectivity index (χ0v) is 11.0. The van der Waals surface area contributed by atoms with Gasteiger partial charge in [0.05, 0.1) is 12.2 Å². The second kappa shape index (κ2) is 7.71. The number of hydrogen-bond donors (Lipinski definition) is 2. The van der Waals surface area contributed by atoms with E-state index in [9.17, 15) is 4.79 Å². The molecule has 0 saturated heterocycles. The fourth-order valence-electron chi connectivity index (χ4n) is 1.42. The Bertz CT molecular complexity index is 360. The molecule has 0 aromatic heterocycles. The third-order valence-electron chi connectivity index (χ3n) is 2.55. The van der Waals surface area contributed by atoms with Crippen molar-refractivity contribution in [3.63, 3.8) is 0 Å². The molecule has 0 saturated carbocycles. The van der Waals surface area contributed by atoms with E-state index in [1.807, 2.05) is 0 Å². The summed E-state index contributed by atoms with van der Waals surface area (Å²) in [7, 11) is 0. The van der Waals surface area contributed by atoms with Crippen molar-refractivity contribution in [3.8, 4) is 0 Å². The van der Waals surface area contributed by atoms with E-state index in [0.717, 1.165) is 25.3 Å². The summed E-state index contributed by atoms with van der Waals surface area (Å²) in [4.78, 5) is 10.7. The monoisotopic (exact) mass is 251 g/mol. The lowest BCUT2D eigenvalue weighted by molar-refractivity contribution is 0.0697. The van der Waals surface area contributed by atoms with Gasteiger partial charge in [0.2, 0.25) is 0 Å². The molecule has 0 atom stereocenters. The zero-order chi connectivity index (χ0) is 13.4. The Kier molecular flexibility index (Phi) is 6.22. The van der Waals surface area contributed by atoms with Crippen LogP contribution in [0.3, 0.4) is 0 Å². The van der Waals surface area contributed by atoms with E-state index < -0.39 is 5.97 Å². The van der Waals surface area contributed by atoms with Crippen LogP contribution in [0.1, 0.15) is 30.6 Å². The van der Waals surface area contributed by atoms with Crippen LogP contribution in [0.2, 0.25) is 0 Å². The molecule has 2 N–H and O–H groups in total. The second-order valence-electron chi connectivity index (χ2n) is 4.60. The van der Waals surface area contributed by atoms with Gasteiger partial charge in [0.25, 0.3) is 0 Å². The predicted molar refractivity (Wildman–Crippen MR) is 72.2 cm³/mol. The number of rotatable bonds is 8. The summed E-state index contributed by atoms with van der Waals surface area (Å²) in [5.41, 5.74) is 1.21.